The van der Waals surface area contributed by atoms with Gasteiger partial charge in [-0.2, -0.15) is 5.11 Å². The van der Waals surface area contributed by atoms with Crippen molar-refractivity contribution >= 4 is 5.69 Å². The van der Waals surface area contributed by atoms with Crippen LogP contribution >= 0.6 is 0 Å². The van der Waals surface area contributed by atoms with E-state index in [4.69, 9.17) is 20.1 Å². The molecule has 1 aromatic carbocycles. The molecule has 20 heavy (non-hydrogen) atoms. The molecule has 0 saturated carbocycles. The first-order valence-corrected chi connectivity index (χ1v) is 6.01. The Balaban J connectivity index is 2.08. The Morgan fingerprint density at radius 1 is 1.10 bits per heavy atom. The van der Waals surface area contributed by atoms with Crippen molar-refractivity contribution in [3.05, 3.63) is 24.3 Å². The van der Waals surface area contributed by atoms with Gasteiger partial charge in [0.25, 0.3) is 0 Å². The van der Waals surface area contributed by atoms with E-state index in [2.05, 4.69) is 5.11 Å². The molecule has 2 rings (SSSR count). The molecule has 0 aromatic heterocycles. The number of nitrogens with zero attached hydrogens (tertiary/aromatic N) is 1. The van der Waals surface area contributed by atoms with E-state index in [0.29, 0.717) is 11.4 Å². The first-order chi connectivity index (χ1) is 9.56. The van der Waals surface area contributed by atoms with E-state index in [1.54, 1.807) is 0 Å². The topological polar surface area (TPSA) is 136 Å². The van der Waals surface area contributed by atoms with E-state index < -0.39 is 37.3 Å². The van der Waals surface area contributed by atoms with Gasteiger partial charge in [-0.3, -0.25) is 0 Å². The van der Waals surface area contributed by atoms with E-state index in [-0.39, 0.29) is 0 Å². The summed E-state index contributed by atoms with van der Waals surface area (Å²) in [6, 6.07) is 6.11. The van der Waals surface area contributed by atoms with E-state index in [1.807, 2.05) is 0 Å². The third-order valence-corrected chi connectivity index (χ3v) is 3.07. The summed E-state index contributed by atoms with van der Waals surface area (Å²) in [6.45, 7) is -0.512. The first-order valence-electron chi connectivity index (χ1n) is 6.01. The predicted molar refractivity (Wildman–Crippen MR) is 65.6 cm³/mol. The van der Waals surface area contributed by atoms with Crippen LogP contribution in [0.15, 0.2) is 29.4 Å². The van der Waals surface area contributed by atoms with Gasteiger partial charge in [-0.05, 0) is 24.3 Å². The predicted octanol–water partition coefficient (Wildman–Crippen LogP) is -0.472. The molecule has 0 radical (unpaired) electrons. The highest BCUT2D eigenvalue weighted by molar-refractivity contribution is 5.40. The molecule has 1 saturated heterocycles. The molecule has 110 valence electrons. The lowest BCUT2D eigenvalue weighted by Crippen LogP contribution is -2.60. The Hall–Kier alpha value is -1.58. The number of nitrogens with one attached hydrogen (secondary N) is 1. The Bertz CT molecular complexity index is 452. The third kappa shape index (κ3) is 2.94. The monoisotopic (exact) mass is 284 g/mol. The standard InChI is InChI=1S/C12H16N2O6/c13-14-6-1-3-7(4-2-6)19-12-11(18)10(17)9(16)8(5-15)20-12/h1-4,8-13,15-18H,5H2/t8-,9+,10+,11-,12+/m1/s1. The van der Waals surface area contributed by atoms with Gasteiger partial charge in [-0.25, -0.2) is 5.53 Å². The minimum Gasteiger partial charge on any atom is -0.462 e. The number of hydrogen-bond acceptors (Lipinski definition) is 8. The molecule has 1 aromatic rings. The molecule has 5 N–H and O–H groups in total. The lowest BCUT2D eigenvalue weighted by Gasteiger charge is -2.39. The first kappa shape index (κ1) is 14.8. The second kappa shape index (κ2) is 6.25. The van der Waals surface area contributed by atoms with Crippen LogP contribution in [0.2, 0.25) is 0 Å². The van der Waals surface area contributed by atoms with Crippen LogP contribution in [-0.4, -0.2) is 57.7 Å². The minimum atomic E-state index is -1.48. The molecule has 1 fully saturated rings. The van der Waals surface area contributed by atoms with Crippen molar-refractivity contribution in [1.82, 2.24) is 0 Å². The Morgan fingerprint density at radius 2 is 1.75 bits per heavy atom. The Kier molecular flexibility index (Phi) is 4.63. The molecule has 1 aliphatic heterocycles. The smallest absolute Gasteiger partial charge is 0.229 e. The van der Waals surface area contributed by atoms with Crippen LogP contribution in [0, 0.1) is 5.53 Å². The Morgan fingerprint density at radius 3 is 2.30 bits per heavy atom. The van der Waals surface area contributed by atoms with Gasteiger partial charge in [0.2, 0.25) is 6.29 Å². The molecular weight excluding hydrogens is 268 g/mol. The molecule has 8 nitrogen and oxygen atoms in total. The van der Waals surface area contributed by atoms with Gasteiger partial charge in [0.1, 0.15) is 30.2 Å². The van der Waals surface area contributed by atoms with Crippen molar-refractivity contribution in [2.75, 3.05) is 6.61 Å². The highest BCUT2D eigenvalue weighted by atomic mass is 16.7. The van der Waals surface area contributed by atoms with Crippen molar-refractivity contribution in [2.45, 2.75) is 30.7 Å². The van der Waals surface area contributed by atoms with Crippen molar-refractivity contribution in [2.24, 2.45) is 5.11 Å². The highest BCUT2D eigenvalue weighted by Gasteiger charge is 2.44. The summed E-state index contributed by atoms with van der Waals surface area (Å²) >= 11 is 0. The van der Waals surface area contributed by atoms with Crippen LogP contribution in [0.3, 0.4) is 0 Å². The fourth-order valence-electron chi connectivity index (χ4n) is 1.90. The zero-order valence-corrected chi connectivity index (χ0v) is 10.5. The SMILES string of the molecule is N=Nc1ccc(O[C@H]2O[C@H](CO)[C@H](O)[C@H](O)[C@H]2O)cc1. The van der Waals surface area contributed by atoms with Gasteiger partial charge in [0.15, 0.2) is 0 Å². The van der Waals surface area contributed by atoms with E-state index >= 15 is 0 Å². The normalized spacial score (nSPS) is 33.7. The molecule has 0 unspecified atom stereocenters. The van der Waals surface area contributed by atoms with Crippen LogP contribution in [0.1, 0.15) is 0 Å². The summed E-state index contributed by atoms with van der Waals surface area (Å²) in [5, 5.41) is 41.3. The van der Waals surface area contributed by atoms with Crippen molar-refractivity contribution in [3.8, 4) is 5.75 Å². The average molecular weight is 284 g/mol. The van der Waals surface area contributed by atoms with E-state index in [1.165, 1.54) is 24.3 Å². The molecule has 0 aliphatic carbocycles. The van der Waals surface area contributed by atoms with Crippen LogP contribution in [-0.2, 0) is 4.74 Å². The van der Waals surface area contributed by atoms with Crippen molar-refractivity contribution in [1.29, 1.82) is 5.53 Å². The highest BCUT2D eigenvalue weighted by Crippen LogP contribution is 2.25. The number of hydrogen-bond donors (Lipinski definition) is 5. The molecule has 1 heterocycles. The van der Waals surface area contributed by atoms with Gasteiger partial charge >= 0.3 is 0 Å². The average Bonchev–Trinajstić information content (AvgIpc) is 2.48. The summed E-state index contributed by atoms with van der Waals surface area (Å²) in [4.78, 5) is 0. The van der Waals surface area contributed by atoms with E-state index in [9.17, 15) is 15.3 Å². The van der Waals surface area contributed by atoms with Gasteiger partial charge in [-0.1, -0.05) is 0 Å². The van der Waals surface area contributed by atoms with Gasteiger partial charge in [0, 0.05) is 0 Å². The van der Waals surface area contributed by atoms with Crippen LogP contribution in [0.4, 0.5) is 5.69 Å². The maximum atomic E-state index is 9.79. The van der Waals surface area contributed by atoms with Gasteiger partial charge < -0.3 is 29.9 Å². The van der Waals surface area contributed by atoms with Crippen molar-refractivity contribution in [3.63, 3.8) is 0 Å². The fraction of sp³-hybridized carbons (Fsp3) is 0.500. The van der Waals surface area contributed by atoms with Gasteiger partial charge in [0.05, 0.1) is 12.3 Å². The maximum Gasteiger partial charge on any atom is 0.229 e. The van der Waals surface area contributed by atoms with Crippen LogP contribution in [0.5, 0.6) is 5.75 Å². The lowest BCUT2D eigenvalue weighted by atomic mass is 9.99. The van der Waals surface area contributed by atoms with Crippen LogP contribution in [0.25, 0.3) is 0 Å². The van der Waals surface area contributed by atoms with Crippen LogP contribution < -0.4 is 4.74 Å². The largest absolute Gasteiger partial charge is 0.462 e. The number of aliphatic hydroxyl groups is 4. The molecule has 1 aliphatic rings. The maximum absolute atomic E-state index is 9.79. The molecule has 0 bridgehead atoms. The van der Waals surface area contributed by atoms with Gasteiger partial charge in [-0.15, -0.1) is 0 Å². The van der Waals surface area contributed by atoms with Crippen molar-refractivity contribution < 1.29 is 29.9 Å². The fourth-order valence-corrected chi connectivity index (χ4v) is 1.90. The second-order valence-corrected chi connectivity index (χ2v) is 4.42. The number of rotatable bonds is 4. The summed E-state index contributed by atoms with van der Waals surface area (Å²) < 4.78 is 10.6. The summed E-state index contributed by atoms with van der Waals surface area (Å²) in [6.07, 6.45) is -6.58. The summed E-state index contributed by atoms with van der Waals surface area (Å²) in [7, 11) is 0. The molecular formula is C12H16N2O6. The van der Waals surface area contributed by atoms with E-state index in [0.717, 1.165) is 0 Å². The molecule has 5 atom stereocenters. The second-order valence-electron chi connectivity index (χ2n) is 4.42. The summed E-state index contributed by atoms with van der Waals surface area (Å²) in [5.74, 6) is 0.335. The Labute approximate surface area is 114 Å². The zero-order chi connectivity index (χ0) is 14.7. The zero-order valence-electron chi connectivity index (χ0n) is 10.5. The molecule has 0 spiro atoms. The minimum absolute atomic E-state index is 0.335. The number of aliphatic hydroxyl groups excluding tert-OH is 4. The molecule has 0 amide bonds. The number of benzene rings is 1. The third-order valence-electron chi connectivity index (χ3n) is 3.07. The summed E-state index contributed by atoms with van der Waals surface area (Å²) in [5.41, 5.74) is 7.27. The number of ether oxygens (including phenoxy) is 2. The lowest BCUT2D eigenvalue weighted by molar-refractivity contribution is -0.277. The quantitative estimate of drug-likeness (QED) is 0.474. The molecule has 8 heteroatoms.